The van der Waals surface area contributed by atoms with Gasteiger partial charge in [-0.25, -0.2) is 4.99 Å². The minimum absolute atomic E-state index is 0.0706. The molecule has 1 aliphatic rings. The third kappa shape index (κ3) is 4.63. The van der Waals surface area contributed by atoms with Gasteiger partial charge in [0.15, 0.2) is 0 Å². The molecule has 0 saturated carbocycles. The summed E-state index contributed by atoms with van der Waals surface area (Å²) in [5.74, 6) is 0.804. The van der Waals surface area contributed by atoms with Gasteiger partial charge >= 0.3 is 5.97 Å². The van der Waals surface area contributed by atoms with Crippen LogP contribution in [0.4, 0.5) is 0 Å². The van der Waals surface area contributed by atoms with Crippen molar-refractivity contribution in [3.8, 4) is 5.75 Å². The monoisotopic (exact) mass is 355 g/mol. The van der Waals surface area contributed by atoms with Crippen LogP contribution in [0.1, 0.15) is 25.8 Å². The maximum absolute atomic E-state index is 11.9. The molecule has 0 N–H and O–H groups in total. The molecule has 4 nitrogen and oxygen atoms in total. The summed E-state index contributed by atoms with van der Waals surface area (Å²) in [5, 5.41) is 0.242. The quantitative estimate of drug-likeness (QED) is 0.455. The zero-order valence-electron chi connectivity index (χ0n) is 12.1. The zero-order valence-corrected chi connectivity index (χ0v) is 14.5. The van der Waals surface area contributed by atoms with E-state index in [4.69, 9.17) is 16.3 Å². The molecule has 0 unspecified atom stereocenters. The lowest BCUT2D eigenvalue weighted by molar-refractivity contribution is -0.131. The van der Waals surface area contributed by atoms with E-state index in [0.29, 0.717) is 16.5 Å². The van der Waals surface area contributed by atoms with Crippen LogP contribution in [0.25, 0.3) is 6.08 Å². The van der Waals surface area contributed by atoms with Crippen molar-refractivity contribution < 1.29 is 14.3 Å². The lowest BCUT2D eigenvalue weighted by atomic mass is 10.2. The molecule has 1 aromatic rings. The minimum Gasteiger partial charge on any atom is -0.425 e. The molecule has 1 heterocycles. The molecule has 2 rings (SSSR count). The third-order valence-corrected chi connectivity index (χ3v) is 5.05. The highest BCUT2D eigenvalue weighted by atomic mass is 35.5. The second-order valence-corrected chi connectivity index (χ2v) is 7.14. The van der Waals surface area contributed by atoms with E-state index < -0.39 is 5.97 Å². The van der Waals surface area contributed by atoms with E-state index in [-0.39, 0.29) is 5.12 Å². The first-order valence-electron chi connectivity index (χ1n) is 6.63. The van der Waals surface area contributed by atoms with Crippen molar-refractivity contribution in [2.24, 2.45) is 4.99 Å². The fourth-order valence-electron chi connectivity index (χ4n) is 1.64. The molecule has 22 heavy (non-hydrogen) atoms. The van der Waals surface area contributed by atoms with Gasteiger partial charge in [-0.1, -0.05) is 36.4 Å². The summed E-state index contributed by atoms with van der Waals surface area (Å²) < 4.78 is 5.74. The molecule has 1 aromatic carbocycles. The van der Waals surface area contributed by atoms with Crippen LogP contribution in [0.5, 0.6) is 5.75 Å². The topological polar surface area (TPSA) is 55.7 Å². The summed E-state index contributed by atoms with van der Waals surface area (Å²) in [6, 6.07) is 4.96. The van der Waals surface area contributed by atoms with Gasteiger partial charge in [0.25, 0.3) is 0 Å². The first kappa shape index (κ1) is 17.1. The summed E-state index contributed by atoms with van der Waals surface area (Å²) in [7, 11) is 0. The Morgan fingerprint density at radius 1 is 1.50 bits per heavy atom. The molecule has 7 heteroatoms. The van der Waals surface area contributed by atoms with E-state index in [1.165, 1.54) is 6.92 Å². The Morgan fingerprint density at radius 3 is 2.91 bits per heavy atom. The molecule has 0 aromatic heterocycles. The van der Waals surface area contributed by atoms with Gasteiger partial charge in [0.2, 0.25) is 5.12 Å². The van der Waals surface area contributed by atoms with Crippen LogP contribution < -0.4 is 4.74 Å². The number of benzene rings is 1. The number of nitrogens with zero attached hydrogens (tertiary/aromatic N) is 1. The molecular formula is C15H14ClNO3S2. The summed E-state index contributed by atoms with van der Waals surface area (Å²) in [5.41, 5.74) is 1.13. The first-order valence-corrected chi connectivity index (χ1v) is 8.81. The van der Waals surface area contributed by atoms with Gasteiger partial charge in [0.05, 0.1) is 5.02 Å². The van der Waals surface area contributed by atoms with Gasteiger partial charge in [-0.15, -0.1) is 0 Å². The maximum atomic E-state index is 11.9. The van der Waals surface area contributed by atoms with Crippen molar-refractivity contribution in [3.63, 3.8) is 0 Å². The molecule has 0 fully saturated rings. The zero-order chi connectivity index (χ0) is 16.1. The number of rotatable bonds is 4. The van der Waals surface area contributed by atoms with E-state index in [1.807, 2.05) is 0 Å². The average molecular weight is 356 g/mol. The number of aliphatic imine (C=N–C) groups is 1. The summed E-state index contributed by atoms with van der Waals surface area (Å²) >= 11 is 8.79. The molecule has 0 atom stereocenters. The Morgan fingerprint density at radius 2 is 2.27 bits per heavy atom. The van der Waals surface area contributed by atoms with Crippen molar-refractivity contribution in [2.75, 3.05) is 5.75 Å². The number of esters is 1. The van der Waals surface area contributed by atoms with E-state index in [0.717, 1.165) is 33.9 Å². The largest absolute Gasteiger partial charge is 0.425 e. The number of carbonyl (C=O) groups excluding carboxylic acids is 2. The summed E-state index contributed by atoms with van der Waals surface area (Å²) in [6.07, 6.45) is 2.71. The van der Waals surface area contributed by atoms with Gasteiger partial charge < -0.3 is 4.74 Å². The number of ether oxygens (including phenoxy) is 1. The molecule has 0 amide bonds. The van der Waals surface area contributed by atoms with Crippen LogP contribution in [0.15, 0.2) is 28.9 Å². The van der Waals surface area contributed by atoms with Gasteiger partial charge in [-0.2, -0.15) is 0 Å². The van der Waals surface area contributed by atoms with Crippen LogP contribution in [0.3, 0.4) is 0 Å². The second-order valence-electron chi connectivity index (χ2n) is 4.43. The smallest absolute Gasteiger partial charge is 0.308 e. The van der Waals surface area contributed by atoms with Crippen molar-refractivity contribution in [2.45, 2.75) is 20.3 Å². The molecule has 0 spiro atoms. The van der Waals surface area contributed by atoms with Crippen molar-refractivity contribution in [1.82, 2.24) is 0 Å². The molecular weight excluding hydrogens is 342 g/mol. The molecule has 0 bridgehead atoms. The Hall–Kier alpha value is -1.24. The van der Waals surface area contributed by atoms with Gasteiger partial charge in [0.1, 0.15) is 15.8 Å². The van der Waals surface area contributed by atoms with Crippen LogP contribution in [0.2, 0.25) is 5.02 Å². The highest BCUT2D eigenvalue weighted by Gasteiger charge is 2.22. The maximum Gasteiger partial charge on any atom is 0.308 e. The summed E-state index contributed by atoms with van der Waals surface area (Å²) in [4.78, 5) is 27.2. The second kappa shape index (κ2) is 7.85. The lowest BCUT2D eigenvalue weighted by Crippen LogP contribution is -2.01. The van der Waals surface area contributed by atoms with Crippen LogP contribution in [-0.2, 0) is 9.59 Å². The Bertz CT molecular complexity index is 671. The number of hydrogen-bond donors (Lipinski definition) is 0. The van der Waals surface area contributed by atoms with Gasteiger partial charge in [0, 0.05) is 6.92 Å². The highest BCUT2D eigenvalue weighted by molar-refractivity contribution is 8.45. The van der Waals surface area contributed by atoms with E-state index in [2.05, 4.69) is 11.9 Å². The molecule has 116 valence electrons. The molecule has 1 aliphatic heterocycles. The Balaban J connectivity index is 2.18. The highest BCUT2D eigenvalue weighted by Crippen LogP contribution is 2.32. The number of carbonyl (C=O) groups is 2. The Labute approximate surface area is 142 Å². The molecule has 0 saturated heterocycles. The third-order valence-electron chi connectivity index (χ3n) is 2.54. The average Bonchev–Trinajstić information content (AvgIpc) is 2.79. The van der Waals surface area contributed by atoms with E-state index >= 15 is 0 Å². The molecule has 0 radical (unpaired) electrons. The number of hydrogen-bond acceptors (Lipinski definition) is 6. The van der Waals surface area contributed by atoms with Crippen molar-refractivity contribution >= 4 is 56.7 Å². The first-order chi connectivity index (χ1) is 10.5. The van der Waals surface area contributed by atoms with Crippen LogP contribution >= 0.6 is 35.1 Å². The van der Waals surface area contributed by atoms with Crippen LogP contribution in [0, 0.1) is 0 Å². The molecule has 0 aliphatic carbocycles. The van der Waals surface area contributed by atoms with Crippen molar-refractivity contribution in [1.29, 1.82) is 0 Å². The summed E-state index contributed by atoms with van der Waals surface area (Å²) in [6.45, 7) is 3.39. The van der Waals surface area contributed by atoms with Gasteiger partial charge in [-0.05, 0) is 47.7 Å². The fourth-order valence-corrected chi connectivity index (χ4v) is 3.64. The lowest BCUT2D eigenvalue weighted by Gasteiger charge is -2.04. The number of halogens is 1. The van der Waals surface area contributed by atoms with Crippen LogP contribution in [-0.4, -0.2) is 21.2 Å². The Kier molecular flexibility index (Phi) is 6.11. The standard InChI is InChI=1S/C15H14ClNO3S2/c1-3-6-21-15-17-12(14(19)22-15)8-10-4-5-13(11(16)7-10)20-9(2)18/h4-5,7-8H,3,6H2,1-2H3/b12-8-. The van der Waals surface area contributed by atoms with E-state index in [9.17, 15) is 9.59 Å². The predicted octanol–water partition coefficient (Wildman–Crippen LogP) is 4.38. The van der Waals surface area contributed by atoms with E-state index in [1.54, 1.807) is 36.0 Å². The SMILES string of the molecule is CCCSC1=N/C(=C\c2ccc(OC(C)=O)c(Cl)c2)C(=O)S1. The predicted molar refractivity (Wildman–Crippen MR) is 93.5 cm³/mol. The minimum atomic E-state index is -0.433. The van der Waals surface area contributed by atoms with Gasteiger partial charge in [-0.3, -0.25) is 9.59 Å². The van der Waals surface area contributed by atoms with Crippen molar-refractivity contribution in [3.05, 3.63) is 34.5 Å². The fraction of sp³-hybridized carbons (Fsp3) is 0.267. The normalized spacial score (nSPS) is 16.0. The number of thioether (sulfide) groups is 2.